The zero-order valence-electron chi connectivity index (χ0n) is 9.69. The molecule has 0 saturated carbocycles. The van der Waals surface area contributed by atoms with E-state index in [-0.39, 0.29) is 11.4 Å². The van der Waals surface area contributed by atoms with E-state index in [0.29, 0.717) is 5.01 Å². The maximum absolute atomic E-state index is 12.5. The first kappa shape index (κ1) is 13.5. The Morgan fingerprint density at radius 2 is 2.11 bits per heavy atom. The molecule has 0 unspecified atom stereocenters. The second kappa shape index (κ2) is 5.00. The maximum Gasteiger partial charge on any atom is 0.416 e. The first-order valence-corrected chi connectivity index (χ1v) is 6.06. The second-order valence-corrected chi connectivity index (χ2v) is 4.73. The molecule has 2 aromatic rings. The monoisotopic (exact) mass is 287 g/mol. The van der Waals surface area contributed by atoms with Gasteiger partial charge in [-0.1, -0.05) is 6.07 Å². The number of aromatic nitrogens is 1. The predicted octanol–water partition coefficient (Wildman–Crippen LogP) is 3.69. The molecule has 0 atom stereocenters. The Kier molecular flexibility index (Phi) is 3.57. The molecular weight excluding hydrogens is 279 g/mol. The molecule has 0 aliphatic heterocycles. The number of hydrogen-bond acceptors (Lipinski definition) is 4. The molecule has 0 aliphatic rings. The minimum atomic E-state index is -4.47. The SMILES string of the molecule is Cc1nc(C(=O)Oc2cccc(C(F)(F)F)c2)cs1. The van der Waals surface area contributed by atoms with Crippen LogP contribution in [0.15, 0.2) is 29.6 Å². The molecule has 0 N–H and O–H groups in total. The van der Waals surface area contributed by atoms with Crippen molar-refractivity contribution in [3.8, 4) is 5.75 Å². The summed E-state index contributed by atoms with van der Waals surface area (Å²) in [6, 6.07) is 4.14. The Bertz CT molecular complexity index is 607. The number of halogens is 3. The summed E-state index contributed by atoms with van der Waals surface area (Å²) in [4.78, 5) is 15.5. The molecule has 0 bridgehead atoms. The van der Waals surface area contributed by atoms with Crippen LogP contribution in [-0.4, -0.2) is 11.0 Å². The largest absolute Gasteiger partial charge is 0.422 e. The van der Waals surface area contributed by atoms with Gasteiger partial charge in [-0.3, -0.25) is 0 Å². The van der Waals surface area contributed by atoms with E-state index in [1.807, 2.05) is 0 Å². The van der Waals surface area contributed by atoms with E-state index in [2.05, 4.69) is 4.98 Å². The fourth-order valence-electron chi connectivity index (χ4n) is 1.35. The van der Waals surface area contributed by atoms with E-state index in [9.17, 15) is 18.0 Å². The second-order valence-electron chi connectivity index (χ2n) is 3.67. The number of thiazole rings is 1. The number of ether oxygens (including phenoxy) is 1. The molecule has 0 amide bonds. The number of carbonyl (C=O) groups is 1. The zero-order chi connectivity index (χ0) is 14.0. The molecule has 2 rings (SSSR count). The van der Waals surface area contributed by atoms with Crippen LogP contribution >= 0.6 is 11.3 Å². The van der Waals surface area contributed by atoms with Crippen LogP contribution in [0.4, 0.5) is 13.2 Å². The van der Waals surface area contributed by atoms with Crippen LogP contribution in [-0.2, 0) is 6.18 Å². The topological polar surface area (TPSA) is 39.2 Å². The number of esters is 1. The van der Waals surface area contributed by atoms with E-state index in [1.54, 1.807) is 6.92 Å². The normalized spacial score (nSPS) is 11.4. The van der Waals surface area contributed by atoms with Gasteiger partial charge >= 0.3 is 12.1 Å². The fourth-order valence-corrected chi connectivity index (χ4v) is 1.93. The molecule has 19 heavy (non-hydrogen) atoms. The van der Waals surface area contributed by atoms with E-state index < -0.39 is 17.7 Å². The van der Waals surface area contributed by atoms with Gasteiger partial charge in [-0.15, -0.1) is 11.3 Å². The van der Waals surface area contributed by atoms with E-state index in [0.717, 1.165) is 12.1 Å². The average molecular weight is 287 g/mol. The summed E-state index contributed by atoms with van der Waals surface area (Å²) in [5, 5.41) is 2.17. The Balaban J connectivity index is 2.18. The van der Waals surface area contributed by atoms with Crippen LogP contribution in [0.3, 0.4) is 0 Å². The third-order valence-electron chi connectivity index (χ3n) is 2.20. The highest BCUT2D eigenvalue weighted by molar-refractivity contribution is 7.09. The highest BCUT2D eigenvalue weighted by Crippen LogP contribution is 2.31. The van der Waals surface area contributed by atoms with Crippen LogP contribution in [0.5, 0.6) is 5.75 Å². The first-order chi connectivity index (χ1) is 8.86. The number of rotatable bonds is 2. The van der Waals surface area contributed by atoms with Gasteiger partial charge in [0, 0.05) is 5.38 Å². The summed E-state index contributed by atoms with van der Waals surface area (Å²) in [5.41, 5.74) is -0.785. The number of aryl methyl sites for hydroxylation is 1. The molecule has 3 nitrogen and oxygen atoms in total. The average Bonchev–Trinajstić information content (AvgIpc) is 2.75. The third kappa shape index (κ3) is 3.31. The first-order valence-electron chi connectivity index (χ1n) is 5.18. The van der Waals surface area contributed by atoms with Gasteiger partial charge in [0.1, 0.15) is 5.75 Å². The summed E-state index contributed by atoms with van der Waals surface area (Å²) in [5.74, 6) is -0.936. The number of carbonyl (C=O) groups excluding carboxylic acids is 1. The van der Waals surface area contributed by atoms with Gasteiger partial charge in [0.25, 0.3) is 0 Å². The van der Waals surface area contributed by atoms with Gasteiger partial charge < -0.3 is 4.74 Å². The minimum Gasteiger partial charge on any atom is -0.422 e. The molecule has 0 saturated heterocycles. The van der Waals surface area contributed by atoms with Gasteiger partial charge in [-0.25, -0.2) is 9.78 Å². The molecular formula is C12H8F3NO2S. The van der Waals surface area contributed by atoms with Gasteiger partial charge in [0.15, 0.2) is 5.69 Å². The number of hydrogen-bond donors (Lipinski definition) is 0. The lowest BCUT2D eigenvalue weighted by molar-refractivity contribution is -0.137. The maximum atomic E-state index is 12.5. The van der Waals surface area contributed by atoms with Crippen molar-refractivity contribution in [2.24, 2.45) is 0 Å². The molecule has 1 heterocycles. The molecule has 0 fully saturated rings. The fraction of sp³-hybridized carbons (Fsp3) is 0.167. The predicted molar refractivity (Wildman–Crippen MR) is 63.3 cm³/mol. The van der Waals surface area contributed by atoms with E-state index in [1.165, 1.54) is 28.8 Å². The lowest BCUT2D eigenvalue weighted by atomic mass is 10.2. The Hall–Kier alpha value is -1.89. The highest BCUT2D eigenvalue weighted by Gasteiger charge is 2.30. The Labute approximate surface area is 110 Å². The van der Waals surface area contributed by atoms with Crippen molar-refractivity contribution in [1.29, 1.82) is 0 Å². The van der Waals surface area contributed by atoms with Crippen molar-refractivity contribution in [3.05, 3.63) is 45.9 Å². The van der Waals surface area contributed by atoms with Crippen LogP contribution in [0.25, 0.3) is 0 Å². The van der Waals surface area contributed by atoms with Crippen molar-refractivity contribution in [3.63, 3.8) is 0 Å². The standard InChI is InChI=1S/C12H8F3NO2S/c1-7-16-10(6-19-7)11(17)18-9-4-2-3-8(5-9)12(13,14)15/h2-6H,1H3. The molecule has 1 aromatic heterocycles. The Morgan fingerprint density at radius 3 is 2.68 bits per heavy atom. The van der Waals surface area contributed by atoms with Gasteiger partial charge in [-0.2, -0.15) is 13.2 Å². The summed E-state index contributed by atoms with van der Waals surface area (Å²) in [7, 11) is 0. The summed E-state index contributed by atoms with van der Waals surface area (Å²) < 4.78 is 42.3. The van der Waals surface area contributed by atoms with Crippen molar-refractivity contribution in [1.82, 2.24) is 4.98 Å². The molecule has 0 aliphatic carbocycles. The number of nitrogens with zero attached hydrogens (tertiary/aromatic N) is 1. The van der Waals surface area contributed by atoms with Crippen molar-refractivity contribution in [2.75, 3.05) is 0 Å². The van der Waals surface area contributed by atoms with E-state index >= 15 is 0 Å². The van der Waals surface area contributed by atoms with Crippen molar-refractivity contribution < 1.29 is 22.7 Å². The molecule has 0 spiro atoms. The van der Waals surface area contributed by atoms with Gasteiger partial charge in [-0.05, 0) is 25.1 Å². The smallest absolute Gasteiger partial charge is 0.416 e. The molecule has 7 heteroatoms. The van der Waals surface area contributed by atoms with E-state index in [4.69, 9.17) is 4.74 Å². The Morgan fingerprint density at radius 1 is 1.37 bits per heavy atom. The van der Waals surface area contributed by atoms with Crippen LogP contribution in [0, 0.1) is 6.92 Å². The lowest BCUT2D eigenvalue weighted by Gasteiger charge is -2.08. The number of benzene rings is 1. The summed E-state index contributed by atoms with van der Waals surface area (Å²) in [6.07, 6.45) is -4.47. The third-order valence-corrected chi connectivity index (χ3v) is 2.97. The highest BCUT2D eigenvalue weighted by atomic mass is 32.1. The van der Waals surface area contributed by atoms with Gasteiger partial charge in [0.05, 0.1) is 10.6 Å². The van der Waals surface area contributed by atoms with Crippen molar-refractivity contribution in [2.45, 2.75) is 13.1 Å². The van der Waals surface area contributed by atoms with Gasteiger partial charge in [0.2, 0.25) is 0 Å². The van der Waals surface area contributed by atoms with Crippen molar-refractivity contribution >= 4 is 17.3 Å². The van der Waals surface area contributed by atoms with Crippen LogP contribution in [0.2, 0.25) is 0 Å². The quantitative estimate of drug-likeness (QED) is 0.624. The lowest BCUT2D eigenvalue weighted by Crippen LogP contribution is -2.10. The van der Waals surface area contributed by atoms with Crippen LogP contribution < -0.4 is 4.74 Å². The molecule has 100 valence electrons. The minimum absolute atomic E-state index is 0.0833. The molecule has 1 aromatic carbocycles. The summed E-state index contributed by atoms with van der Waals surface area (Å²) >= 11 is 1.26. The number of alkyl halides is 3. The zero-order valence-corrected chi connectivity index (χ0v) is 10.5. The summed E-state index contributed by atoms with van der Waals surface area (Å²) in [6.45, 7) is 1.71. The molecule has 0 radical (unpaired) electrons. The van der Waals surface area contributed by atoms with Crippen LogP contribution in [0.1, 0.15) is 21.1 Å².